The van der Waals surface area contributed by atoms with Crippen molar-refractivity contribution in [2.24, 2.45) is 0 Å². The van der Waals surface area contributed by atoms with Gasteiger partial charge < -0.3 is 15.3 Å². The number of nitrogens with zero attached hydrogens (tertiary/aromatic N) is 2. The Balaban J connectivity index is 2.25. The first-order valence-electron chi connectivity index (χ1n) is 7.97. The van der Waals surface area contributed by atoms with Crippen molar-refractivity contribution in [1.29, 1.82) is 0 Å². The van der Waals surface area contributed by atoms with Gasteiger partial charge in [0.25, 0.3) is 11.6 Å². The number of halogens is 1. The predicted octanol–water partition coefficient (Wildman–Crippen LogP) is 2.92. The maximum absolute atomic E-state index is 12.6. The summed E-state index contributed by atoms with van der Waals surface area (Å²) in [6, 6.07) is 9.56. The lowest BCUT2D eigenvalue weighted by Crippen LogP contribution is -2.28. The monoisotopic (exact) mass is 377 g/mol. The second kappa shape index (κ2) is 8.64. The minimum Gasteiger partial charge on any atom is -0.395 e. The topological polar surface area (TPSA) is 95.7 Å². The zero-order valence-corrected chi connectivity index (χ0v) is 15.3. The van der Waals surface area contributed by atoms with Gasteiger partial charge in [0.2, 0.25) is 0 Å². The van der Waals surface area contributed by atoms with E-state index in [0.29, 0.717) is 17.3 Å². The second-order valence-corrected chi connectivity index (χ2v) is 6.28. The number of amides is 1. The van der Waals surface area contributed by atoms with E-state index in [9.17, 15) is 14.9 Å². The third-order valence-electron chi connectivity index (χ3n) is 3.97. The Labute approximate surface area is 156 Å². The largest absolute Gasteiger partial charge is 0.395 e. The molecule has 0 fully saturated rings. The lowest BCUT2D eigenvalue weighted by molar-refractivity contribution is -0.384. The van der Waals surface area contributed by atoms with E-state index in [4.69, 9.17) is 16.7 Å². The van der Waals surface area contributed by atoms with Gasteiger partial charge in [-0.1, -0.05) is 23.7 Å². The van der Waals surface area contributed by atoms with Crippen LogP contribution >= 0.6 is 11.6 Å². The lowest BCUT2D eigenvalue weighted by atomic mass is 10.1. The van der Waals surface area contributed by atoms with Crippen LogP contribution in [0, 0.1) is 17.0 Å². The molecule has 0 saturated heterocycles. The maximum atomic E-state index is 12.6. The van der Waals surface area contributed by atoms with Gasteiger partial charge in [-0.2, -0.15) is 0 Å². The van der Waals surface area contributed by atoms with Crippen LogP contribution in [0.15, 0.2) is 36.4 Å². The Bertz CT molecular complexity index is 826. The number of likely N-dealkylation sites (N-methyl/N-ethyl adjacent to an activating group) is 1. The molecule has 2 rings (SSSR count). The van der Waals surface area contributed by atoms with Crippen molar-refractivity contribution in [1.82, 2.24) is 5.32 Å². The number of nitro groups is 1. The summed E-state index contributed by atoms with van der Waals surface area (Å²) >= 11 is 6.09. The first-order chi connectivity index (χ1) is 12.3. The molecule has 0 saturated carbocycles. The van der Waals surface area contributed by atoms with E-state index in [0.717, 1.165) is 11.1 Å². The van der Waals surface area contributed by atoms with Crippen LogP contribution in [-0.4, -0.2) is 36.1 Å². The van der Waals surface area contributed by atoms with Crippen molar-refractivity contribution < 1.29 is 14.8 Å². The van der Waals surface area contributed by atoms with Crippen molar-refractivity contribution >= 4 is 28.9 Å². The molecule has 26 heavy (non-hydrogen) atoms. The number of rotatable bonds is 7. The van der Waals surface area contributed by atoms with Crippen molar-refractivity contribution in [3.63, 3.8) is 0 Å². The molecule has 0 atom stereocenters. The molecule has 0 aliphatic carbocycles. The number of aryl methyl sites for hydroxylation is 1. The number of anilines is 1. The molecule has 0 radical (unpaired) electrons. The van der Waals surface area contributed by atoms with Crippen molar-refractivity contribution in [2.75, 3.05) is 25.1 Å². The van der Waals surface area contributed by atoms with Gasteiger partial charge in [-0.05, 0) is 30.2 Å². The van der Waals surface area contributed by atoms with Crippen molar-refractivity contribution in [3.8, 4) is 0 Å². The normalized spacial score (nSPS) is 10.5. The maximum Gasteiger partial charge on any atom is 0.270 e. The molecule has 7 nitrogen and oxygen atoms in total. The molecule has 2 aromatic carbocycles. The number of aliphatic hydroxyl groups excluding tert-OH is 1. The summed E-state index contributed by atoms with van der Waals surface area (Å²) < 4.78 is 0. The molecular formula is C18H20ClN3O4. The van der Waals surface area contributed by atoms with Gasteiger partial charge in [0.1, 0.15) is 0 Å². The Hall–Kier alpha value is -2.64. The first kappa shape index (κ1) is 19.7. The molecule has 2 aromatic rings. The fourth-order valence-corrected chi connectivity index (χ4v) is 2.65. The average molecular weight is 378 g/mol. The van der Waals surface area contributed by atoms with E-state index >= 15 is 0 Å². The molecule has 138 valence electrons. The molecule has 1 amide bonds. The van der Waals surface area contributed by atoms with Gasteiger partial charge in [-0.15, -0.1) is 0 Å². The van der Waals surface area contributed by atoms with Crippen LogP contribution in [0.25, 0.3) is 0 Å². The SMILES string of the molecule is Cc1ccc(CNC(=O)c2cc([N+](=O)[O-])ccc2N(C)CCO)cc1Cl. The van der Waals surface area contributed by atoms with Gasteiger partial charge in [0, 0.05) is 43.0 Å². The summed E-state index contributed by atoms with van der Waals surface area (Å²) in [5, 5.41) is 23.5. The minimum atomic E-state index is -0.549. The molecule has 0 aromatic heterocycles. The van der Waals surface area contributed by atoms with E-state index in [1.807, 2.05) is 19.1 Å². The van der Waals surface area contributed by atoms with Crippen LogP contribution < -0.4 is 10.2 Å². The number of hydrogen-bond acceptors (Lipinski definition) is 5. The summed E-state index contributed by atoms with van der Waals surface area (Å²) in [7, 11) is 1.70. The van der Waals surface area contributed by atoms with Crippen LogP contribution in [0.3, 0.4) is 0 Å². The highest BCUT2D eigenvalue weighted by Crippen LogP contribution is 2.25. The number of aliphatic hydroxyl groups is 1. The Morgan fingerprint density at radius 3 is 2.65 bits per heavy atom. The summed E-state index contributed by atoms with van der Waals surface area (Å²) in [6.45, 7) is 2.32. The van der Waals surface area contributed by atoms with Crippen LogP contribution in [-0.2, 0) is 6.54 Å². The van der Waals surface area contributed by atoms with E-state index < -0.39 is 10.8 Å². The number of carbonyl (C=O) groups is 1. The lowest BCUT2D eigenvalue weighted by Gasteiger charge is -2.21. The predicted molar refractivity (Wildman–Crippen MR) is 101 cm³/mol. The van der Waals surface area contributed by atoms with Gasteiger partial charge in [-0.3, -0.25) is 14.9 Å². The summed E-state index contributed by atoms with van der Waals surface area (Å²) in [6.07, 6.45) is 0. The molecule has 0 aliphatic heterocycles. The first-order valence-corrected chi connectivity index (χ1v) is 8.35. The summed E-state index contributed by atoms with van der Waals surface area (Å²) in [4.78, 5) is 24.8. The molecule has 8 heteroatoms. The number of nitro benzene ring substituents is 1. The molecule has 0 bridgehead atoms. The number of hydrogen-bond donors (Lipinski definition) is 2. The zero-order valence-electron chi connectivity index (χ0n) is 14.5. The molecule has 2 N–H and O–H groups in total. The van der Waals surface area contributed by atoms with Gasteiger partial charge in [0.15, 0.2) is 0 Å². The Morgan fingerprint density at radius 1 is 1.31 bits per heavy atom. The minimum absolute atomic E-state index is 0.101. The summed E-state index contributed by atoms with van der Waals surface area (Å²) in [5.41, 5.74) is 2.27. The Morgan fingerprint density at radius 2 is 2.04 bits per heavy atom. The van der Waals surface area contributed by atoms with Gasteiger partial charge >= 0.3 is 0 Å². The van der Waals surface area contributed by atoms with E-state index in [2.05, 4.69) is 5.32 Å². The smallest absolute Gasteiger partial charge is 0.270 e. The third kappa shape index (κ3) is 4.71. The van der Waals surface area contributed by atoms with Gasteiger partial charge in [0.05, 0.1) is 17.1 Å². The molecular weight excluding hydrogens is 358 g/mol. The van der Waals surface area contributed by atoms with Crippen LogP contribution in [0.5, 0.6) is 0 Å². The van der Waals surface area contributed by atoms with E-state index in [1.165, 1.54) is 18.2 Å². The summed E-state index contributed by atoms with van der Waals surface area (Å²) in [5.74, 6) is -0.440. The van der Waals surface area contributed by atoms with E-state index in [-0.39, 0.29) is 24.4 Å². The van der Waals surface area contributed by atoms with Crippen molar-refractivity contribution in [3.05, 3.63) is 68.2 Å². The highest BCUT2D eigenvalue weighted by molar-refractivity contribution is 6.31. The zero-order chi connectivity index (χ0) is 19.3. The number of carbonyl (C=O) groups excluding carboxylic acids is 1. The van der Waals surface area contributed by atoms with Crippen LogP contribution in [0.1, 0.15) is 21.5 Å². The molecule has 0 spiro atoms. The Kier molecular flexibility index (Phi) is 6.54. The quantitative estimate of drug-likeness (QED) is 0.571. The molecule has 0 heterocycles. The fraction of sp³-hybridized carbons (Fsp3) is 0.278. The highest BCUT2D eigenvalue weighted by atomic mass is 35.5. The number of benzene rings is 2. The molecule has 0 unspecified atom stereocenters. The number of non-ortho nitro benzene ring substituents is 1. The standard InChI is InChI=1S/C18H20ClN3O4/c1-12-3-4-13(9-16(12)19)11-20-18(24)15-10-14(22(25)26)5-6-17(15)21(2)7-8-23/h3-6,9-10,23H,7-8,11H2,1-2H3,(H,20,24). The molecule has 0 aliphatic rings. The third-order valence-corrected chi connectivity index (χ3v) is 4.38. The second-order valence-electron chi connectivity index (χ2n) is 5.87. The van der Waals surface area contributed by atoms with Crippen LogP contribution in [0.2, 0.25) is 5.02 Å². The van der Waals surface area contributed by atoms with Gasteiger partial charge in [-0.25, -0.2) is 0 Å². The van der Waals surface area contributed by atoms with Crippen LogP contribution in [0.4, 0.5) is 11.4 Å². The van der Waals surface area contributed by atoms with E-state index in [1.54, 1.807) is 18.0 Å². The fourth-order valence-electron chi connectivity index (χ4n) is 2.45. The number of nitrogens with one attached hydrogen (secondary N) is 1. The highest BCUT2D eigenvalue weighted by Gasteiger charge is 2.19. The van der Waals surface area contributed by atoms with Crippen molar-refractivity contribution in [2.45, 2.75) is 13.5 Å². The average Bonchev–Trinajstić information content (AvgIpc) is 2.62.